The summed E-state index contributed by atoms with van der Waals surface area (Å²) in [5.41, 5.74) is 7.92. The first-order chi connectivity index (χ1) is 8.52. The second-order valence-electron chi connectivity index (χ2n) is 6.34. The molecule has 1 aliphatic carbocycles. The molecule has 0 bridgehead atoms. The van der Waals surface area contributed by atoms with Crippen molar-refractivity contribution in [3.8, 4) is 0 Å². The SMILES string of the molecule is CCn1cc(CC2(N)CCCC(C(C)C)C2)cn1. The molecule has 0 amide bonds. The van der Waals surface area contributed by atoms with E-state index in [9.17, 15) is 0 Å². The van der Waals surface area contributed by atoms with Crippen molar-refractivity contribution in [3.05, 3.63) is 18.0 Å². The Bertz CT molecular complexity index is 383. The summed E-state index contributed by atoms with van der Waals surface area (Å²) in [6.07, 6.45) is 10.1. The fraction of sp³-hybridized carbons (Fsp3) is 0.800. The van der Waals surface area contributed by atoms with Crippen molar-refractivity contribution in [2.75, 3.05) is 0 Å². The topological polar surface area (TPSA) is 43.8 Å². The summed E-state index contributed by atoms with van der Waals surface area (Å²) in [6.45, 7) is 7.70. The van der Waals surface area contributed by atoms with Crippen LogP contribution in [0, 0.1) is 11.8 Å². The Morgan fingerprint density at radius 2 is 2.33 bits per heavy atom. The van der Waals surface area contributed by atoms with Crippen LogP contribution in [-0.4, -0.2) is 15.3 Å². The summed E-state index contributed by atoms with van der Waals surface area (Å²) < 4.78 is 1.99. The third kappa shape index (κ3) is 3.14. The minimum absolute atomic E-state index is 0.00517. The first-order valence-corrected chi connectivity index (χ1v) is 7.32. The van der Waals surface area contributed by atoms with Crippen LogP contribution in [0.2, 0.25) is 0 Å². The largest absolute Gasteiger partial charge is 0.325 e. The van der Waals surface area contributed by atoms with E-state index in [1.807, 2.05) is 10.9 Å². The highest BCUT2D eigenvalue weighted by molar-refractivity contribution is 5.11. The second-order valence-corrected chi connectivity index (χ2v) is 6.34. The van der Waals surface area contributed by atoms with E-state index in [1.54, 1.807) is 0 Å². The van der Waals surface area contributed by atoms with Gasteiger partial charge in [-0.05, 0) is 43.6 Å². The van der Waals surface area contributed by atoms with Crippen LogP contribution < -0.4 is 5.73 Å². The Balaban J connectivity index is 2.02. The molecule has 0 aliphatic heterocycles. The highest BCUT2D eigenvalue weighted by Crippen LogP contribution is 2.36. The van der Waals surface area contributed by atoms with Gasteiger partial charge in [0.15, 0.2) is 0 Å². The molecule has 1 aromatic rings. The molecule has 1 aliphatic rings. The molecule has 102 valence electrons. The molecular formula is C15H27N3. The summed E-state index contributed by atoms with van der Waals surface area (Å²) in [4.78, 5) is 0. The minimum Gasteiger partial charge on any atom is -0.325 e. The lowest BCUT2D eigenvalue weighted by Gasteiger charge is -2.39. The van der Waals surface area contributed by atoms with Gasteiger partial charge in [0.2, 0.25) is 0 Å². The number of hydrogen-bond acceptors (Lipinski definition) is 2. The predicted molar refractivity (Wildman–Crippen MR) is 75.3 cm³/mol. The Morgan fingerprint density at radius 3 is 2.94 bits per heavy atom. The fourth-order valence-electron chi connectivity index (χ4n) is 3.25. The molecule has 3 heteroatoms. The monoisotopic (exact) mass is 249 g/mol. The first-order valence-electron chi connectivity index (χ1n) is 7.32. The maximum absolute atomic E-state index is 6.63. The molecule has 0 aromatic carbocycles. The van der Waals surface area contributed by atoms with Crippen molar-refractivity contribution in [3.63, 3.8) is 0 Å². The first kappa shape index (κ1) is 13.6. The molecule has 2 atom stereocenters. The smallest absolute Gasteiger partial charge is 0.0522 e. The van der Waals surface area contributed by atoms with Crippen molar-refractivity contribution in [2.45, 2.75) is 65.0 Å². The van der Waals surface area contributed by atoms with E-state index < -0.39 is 0 Å². The van der Waals surface area contributed by atoms with Gasteiger partial charge in [-0.3, -0.25) is 4.68 Å². The average Bonchev–Trinajstić information content (AvgIpc) is 2.76. The highest BCUT2D eigenvalue weighted by atomic mass is 15.3. The van der Waals surface area contributed by atoms with Crippen molar-refractivity contribution >= 4 is 0 Å². The highest BCUT2D eigenvalue weighted by Gasteiger charge is 2.34. The maximum Gasteiger partial charge on any atom is 0.0522 e. The van der Waals surface area contributed by atoms with Gasteiger partial charge in [-0.1, -0.05) is 26.7 Å². The van der Waals surface area contributed by atoms with Crippen LogP contribution in [0.1, 0.15) is 52.0 Å². The van der Waals surface area contributed by atoms with Crippen LogP contribution in [0.15, 0.2) is 12.4 Å². The maximum atomic E-state index is 6.63. The Labute approximate surface area is 111 Å². The summed E-state index contributed by atoms with van der Waals surface area (Å²) in [5.74, 6) is 1.55. The van der Waals surface area contributed by atoms with Crippen molar-refractivity contribution in [1.29, 1.82) is 0 Å². The number of nitrogens with zero attached hydrogens (tertiary/aromatic N) is 2. The molecule has 0 spiro atoms. The molecule has 18 heavy (non-hydrogen) atoms. The molecule has 2 rings (SSSR count). The van der Waals surface area contributed by atoms with E-state index in [0.29, 0.717) is 0 Å². The average molecular weight is 249 g/mol. The van der Waals surface area contributed by atoms with E-state index >= 15 is 0 Å². The van der Waals surface area contributed by atoms with Gasteiger partial charge in [-0.2, -0.15) is 5.10 Å². The number of hydrogen-bond donors (Lipinski definition) is 1. The molecule has 3 nitrogen and oxygen atoms in total. The summed E-state index contributed by atoms with van der Waals surface area (Å²) in [5, 5.41) is 4.35. The lowest BCUT2D eigenvalue weighted by molar-refractivity contribution is 0.182. The van der Waals surface area contributed by atoms with Crippen molar-refractivity contribution in [2.24, 2.45) is 17.6 Å². The van der Waals surface area contributed by atoms with E-state index in [2.05, 4.69) is 32.1 Å². The summed E-state index contributed by atoms with van der Waals surface area (Å²) in [7, 11) is 0. The van der Waals surface area contributed by atoms with Crippen LogP contribution in [0.25, 0.3) is 0 Å². The van der Waals surface area contributed by atoms with Gasteiger partial charge in [0, 0.05) is 18.3 Å². The molecule has 2 unspecified atom stereocenters. The van der Waals surface area contributed by atoms with Crippen LogP contribution in [0.4, 0.5) is 0 Å². The third-order valence-electron chi connectivity index (χ3n) is 4.43. The van der Waals surface area contributed by atoms with Crippen molar-refractivity contribution < 1.29 is 0 Å². The molecule has 1 saturated carbocycles. The van der Waals surface area contributed by atoms with Gasteiger partial charge in [-0.15, -0.1) is 0 Å². The summed E-state index contributed by atoms with van der Waals surface area (Å²) in [6, 6.07) is 0. The van der Waals surface area contributed by atoms with Gasteiger partial charge in [-0.25, -0.2) is 0 Å². The van der Waals surface area contributed by atoms with Gasteiger partial charge < -0.3 is 5.73 Å². The van der Waals surface area contributed by atoms with Gasteiger partial charge >= 0.3 is 0 Å². The van der Waals surface area contributed by atoms with Crippen LogP contribution in [-0.2, 0) is 13.0 Å². The molecular weight excluding hydrogens is 222 g/mol. The zero-order valence-corrected chi connectivity index (χ0v) is 12.0. The van der Waals surface area contributed by atoms with E-state index in [4.69, 9.17) is 5.73 Å². The Kier molecular flexibility index (Phi) is 4.10. The summed E-state index contributed by atoms with van der Waals surface area (Å²) >= 11 is 0. The second kappa shape index (κ2) is 5.43. The number of aromatic nitrogens is 2. The number of rotatable bonds is 4. The predicted octanol–water partition coefficient (Wildman–Crippen LogP) is 2.99. The normalized spacial score (nSPS) is 28.8. The number of aryl methyl sites for hydroxylation is 1. The molecule has 0 saturated heterocycles. The van der Waals surface area contributed by atoms with Crippen LogP contribution in [0.5, 0.6) is 0 Å². The van der Waals surface area contributed by atoms with Crippen LogP contribution in [0.3, 0.4) is 0 Å². The lowest BCUT2D eigenvalue weighted by Crippen LogP contribution is -2.47. The third-order valence-corrected chi connectivity index (χ3v) is 4.43. The van der Waals surface area contributed by atoms with Gasteiger partial charge in [0.1, 0.15) is 0 Å². The quantitative estimate of drug-likeness (QED) is 0.891. The van der Waals surface area contributed by atoms with Crippen molar-refractivity contribution in [1.82, 2.24) is 9.78 Å². The van der Waals surface area contributed by atoms with Gasteiger partial charge in [0.25, 0.3) is 0 Å². The molecule has 2 N–H and O–H groups in total. The Hall–Kier alpha value is -0.830. The fourth-order valence-corrected chi connectivity index (χ4v) is 3.25. The minimum atomic E-state index is -0.00517. The van der Waals surface area contributed by atoms with Crippen LogP contribution >= 0.6 is 0 Å². The zero-order valence-electron chi connectivity index (χ0n) is 12.0. The standard InChI is InChI=1S/C15H27N3/c1-4-18-11-13(10-17-18)8-15(16)7-5-6-14(9-15)12(2)3/h10-12,14H,4-9,16H2,1-3H3. The zero-order chi connectivity index (χ0) is 13.2. The van der Waals surface area contributed by atoms with E-state index in [0.717, 1.165) is 31.2 Å². The van der Waals surface area contributed by atoms with Gasteiger partial charge in [0.05, 0.1) is 6.20 Å². The lowest BCUT2D eigenvalue weighted by atomic mass is 9.70. The Morgan fingerprint density at radius 1 is 1.56 bits per heavy atom. The molecule has 0 radical (unpaired) electrons. The molecule has 1 aromatic heterocycles. The van der Waals surface area contributed by atoms with E-state index in [1.165, 1.54) is 24.8 Å². The molecule has 1 heterocycles. The van der Waals surface area contributed by atoms with E-state index in [-0.39, 0.29) is 5.54 Å². The number of nitrogens with two attached hydrogens (primary N) is 1. The molecule has 1 fully saturated rings.